The Morgan fingerprint density at radius 1 is 1.32 bits per heavy atom. The van der Waals surface area contributed by atoms with Crippen LogP contribution in [0.4, 0.5) is 13.6 Å². The van der Waals surface area contributed by atoms with Crippen molar-refractivity contribution in [1.82, 2.24) is 5.32 Å². The van der Waals surface area contributed by atoms with Crippen LogP contribution in [0, 0.1) is 5.82 Å². The van der Waals surface area contributed by atoms with Gasteiger partial charge in [0.05, 0.1) is 6.54 Å². The number of benzene rings is 1. The van der Waals surface area contributed by atoms with E-state index in [9.17, 15) is 13.6 Å². The molecule has 0 aliphatic carbocycles. The molecule has 0 heterocycles. The first-order valence-electron chi connectivity index (χ1n) is 6.11. The van der Waals surface area contributed by atoms with E-state index in [1.165, 1.54) is 24.3 Å². The average molecular weight is 271 g/mol. The van der Waals surface area contributed by atoms with Crippen molar-refractivity contribution in [3.8, 4) is 0 Å². The molecule has 0 aliphatic rings. The Labute approximate surface area is 112 Å². The summed E-state index contributed by atoms with van der Waals surface area (Å²) < 4.78 is 31.3. The molecule has 1 unspecified atom stereocenters. The highest BCUT2D eigenvalue weighted by Gasteiger charge is 2.17. The van der Waals surface area contributed by atoms with Crippen LogP contribution in [0.5, 0.6) is 0 Å². The van der Waals surface area contributed by atoms with Gasteiger partial charge in [0.15, 0.2) is 0 Å². The third kappa shape index (κ3) is 6.74. The molecule has 19 heavy (non-hydrogen) atoms. The number of nitrogens with one attached hydrogen (secondary N) is 1. The summed E-state index contributed by atoms with van der Waals surface area (Å²) >= 11 is 0. The first-order valence-corrected chi connectivity index (χ1v) is 6.11. The van der Waals surface area contributed by atoms with Gasteiger partial charge in [0.25, 0.3) is 0 Å². The molecule has 0 radical (unpaired) electrons. The molecule has 5 heteroatoms. The monoisotopic (exact) mass is 271 g/mol. The number of alkyl carbamates (subject to hydrolysis) is 1. The highest BCUT2D eigenvalue weighted by Crippen LogP contribution is 2.09. The molecule has 0 fully saturated rings. The third-order valence-electron chi connectivity index (χ3n) is 2.24. The molecule has 1 N–H and O–H groups in total. The molecule has 0 bridgehead atoms. The summed E-state index contributed by atoms with van der Waals surface area (Å²) in [6, 6.07) is 5.61. The van der Waals surface area contributed by atoms with Crippen LogP contribution >= 0.6 is 0 Å². The molecule has 0 aromatic heterocycles. The van der Waals surface area contributed by atoms with E-state index in [0.29, 0.717) is 5.56 Å². The maximum absolute atomic E-state index is 13.6. The van der Waals surface area contributed by atoms with Crippen LogP contribution in [0.3, 0.4) is 0 Å². The molecule has 1 atom stereocenters. The minimum absolute atomic E-state index is 0.121. The summed E-state index contributed by atoms with van der Waals surface area (Å²) in [6.07, 6.45) is -1.76. The van der Waals surface area contributed by atoms with E-state index < -0.39 is 17.9 Å². The smallest absolute Gasteiger partial charge is 0.407 e. The van der Waals surface area contributed by atoms with Crippen LogP contribution in [0.25, 0.3) is 0 Å². The summed E-state index contributed by atoms with van der Waals surface area (Å²) in [5, 5.41) is 2.36. The second kappa shape index (κ2) is 6.50. The second-order valence-corrected chi connectivity index (χ2v) is 5.31. The predicted molar refractivity (Wildman–Crippen MR) is 69.2 cm³/mol. The average Bonchev–Trinajstić information content (AvgIpc) is 2.27. The van der Waals surface area contributed by atoms with Gasteiger partial charge in [-0.15, -0.1) is 0 Å². The number of amides is 1. The van der Waals surface area contributed by atoms with E-state index in [2.05, 4.69) is 5.32 Å². The van der Waals surface area contributed by atoms with Crippen LogP contribution < -0.4 is 5.32 Å². The molecule has 0 saturated carbocycles. The number of carbonyl (C=O) groups is 1. The van der Waals surface area contributed by atoms with Crippen molar-refractivity contribution in [3.63, 3.8) is 0 Å². The van der Waals surface area contributed by atoms with Crippen LogP contribution in [0.15, 0.2) is 24.3 Å². The van der Waals surface area contributed by atoms with E-state index >= 15 is 0 Å². The normalized spacial score (nSPS) is 12.9. The van der Waals surface area contributed by atoms with Crippen LogP contribution in [0.1, 0.15) is 26.3 Å². The van der Waals surface area contributed by atoms with Gasteiger partial charge < -0.3 is 10.1 Å². The molecule has 0 aliphatic heterocycles. The molecule has 1 aromatic carbocycles. The van der Waals surface area contributed by atoms with Crippen molar-refractivity contribution in [2.45, 2.75) is 39.0 Å². The topological polar surface area (TPSA) is 38.3 Å². The summed E-state index contributed by atoms with van der Waals surface area (Å²) in [5.41, 5.74) is 0.0761. The zero-order chi connectivity index (χ0) is 14.5. The molecule has 106 valence electrons. The van der Waals surface area contributed by atoms with Crippen molar-refractivity contribution in [1.29, 1.82) is 0 Å². The van der Waals surface area contributed by atoms with Gasteiger partial charge in [-0.25, -0.2) is 13.6 Å². The molecule has 1 aromatic rings. The van der Waals surface area contributed by atoms with Crippen LogP contribution in [0.2, 0.25) is 0 Å². The number of carbonyl (C=O) groups excluding carboxylic acids is 1. The molecule has 3 nitrogen and oxygen atoms in total. The van der Waals surface area contributed by atoms with Gasteiger partial charge in [-0.05, 0) is 38.5 Å². The Morgan fingerprint density at radius 3 is 2.42 bits per heavy atom. The Kier molecular flexibility index (Phi) is 5.27. The van der Waals surface area contributed by atoms with E-state index in [4.69, 9.17) is 4.74 Å². The van der Waals surface area contributed by atoms with E-state index in [1.54, 1.807) is 20.8 Å². The molecule has 1 amide bonds. The molecule has 0 saturated heterocycles. The zero-order valence-electron chi connectivity index (χ0n) is 11.4. The number of alkyl halides is 1. The number of hydrogen-bond donors (Lipinski definition) is 1. The van der Waals surface area contributed by atoms with Crippen molar-refractivity contribution >= 4 is 6.09 Å². The predicted octanol–water partition coefficient (Wildman–Crippen LogP) is 3.23. The van der Waals surface area contributed by atoms with Crippen molar-refractivity contribution in [2.24, 2.45) is 0 Å². The fourth-order valence-electron chi connectivity index (χ4n) is 1.46. The molecular formula is C14H19F2NO2. The van der Waals surface area contributed by atoms with Gasteiger partial charge in [0, 0.05) is 6.42 Å². The Hall–Kier alpha value is -1.65. The number of rotatable bonds is 4. The maximum Gasteiger partial charge on any atom is 0.407 e. The summed E-state index contributed by atoms with van der Waals surface area (Å²) in [6.45, 7) is 5.07. The van der Waals surface area contributed by atoms with Crippen LogP contribution in [-0.2, 0) is 11.2 Å². The van der Waals surface area contributed by atoms with E-state index in [0.717, 1.165) is 0 Å². The fraction of sp³-hybridized carbons (Fsp3) is 0.500. The highest BCUT2D eigenvalue weighted by molar-refractivity contribution is 5.67. The lowest BCUT2D eigenvalue weighted by atomic mass is 10.1. The van der Waals surface area contributed by atoms with Gasteiger partial charge >= 0.3 is 6.09 Å². The lowest BCUT2D eigenvalue weighted by Crippen LogP contribution is -2.36. The SMILES string of the molecule is CC(C)(C)OC(=O)NCC(F)Cc1ccc(F)cc1. The van der Waals surface area contributed by atoms with Crippen molar-refractivity contribution in [3.05, 3.63) is 35.6 Å². The Morgan fingerprint density at radius 2 is 1.89 bits per heavy atom. The summed E-state index contributed by atoms with van der Waals surface area (Å²) in [7, 11) is 0. The standard InChI is InChI=1S/C14H19F2NO2/c1-14(2,3)19-13(18)17-9-12(16)8-10-4-6-11(15)7-5-10/h4-7,12H,8-9H2,1-3H3,(H,17,18). The van der Waals surface area contributed by atoms with Crippen LogP contribution in [-0.4, -0.2) is 24.4 Å². The van der Waals surface area contributed by atoms with Gasteiger partial charge in [-0.3, -0.25) is 0 Å². The lowest BCUT2D eigenvalue weighted by molar-refractivity contribution is 0.0513. The zero-order valence-corrected chi connectivity index (χ0v) is 11.4. The van der Waals surface area contributed by atoms with Gasteiger partial charge in [-0.2, -0.15) is 0 Å². The van der Waals surface area contributed by atoms with E-state index in [-0.39, 0.29) is 18.8 Å². The minimum Gasteiger partial charge on any atom is -0.444 e. The van der Waals surface area contributed by atoms with Gasteiger partial charge in [0.1, 0.15) is 17.6 Å². The first kappa shape index (κ1) is 15.4. The van der Waals surface area contributed by atoms with Gasteiger partial charge in [0.2, 0.25) is 0 Å². The van der Waals surface area contributed by atoms with Gasteiger partial charge in [-0.1, -0.05) is 12.1 Å². The van der Waals surface area contributed by atoms with Crippen molar-refractivity contribution in [2.75, 3.05) is 6.54 Å². The lowest BCUT2D eigenvalue weighted by Gasteiger charge is -2.20. The molecule has 0 spiro atoms. The number of hydrogen-bond acceptors (Lipinski definition) is 2. The number of halogens is 2. The highest BCUT2D eigenvalue weighted by atomic mass is 19.1. The Balaban J connectivity index is 2.33. The minimum atomic E-state index is -1.24. The van der Waals surface area contributed by atoms with Crippen molar-refractivity contribution < 1.29 is 18.3 Å². The van der Waals surface area contributed by atoms with E-state index in [1.807, 2.05) is 0 Å². The molecule has 1 rings (SSSR count). The fourth-order valence-corrected chi connectivity index (χ4v) is 1.46. The molecular weight excluding hydrogens is 252 g/mol. The summed E-state index contributed by atoms with van der Waals surface area (Å²) in [5.74, 6) is -0.356. The first-order chi connectivity index (χ1) is 8.76. The Bertz CT molecular complexity index is 412. The quantitative estimate of drug-likeness (QED) is 0.913. The maximum atomic E-state index is 13.6. The largest absolute Gasteiger partial charge is 0.444 e. The second-order valence-electron chi connectivity index (χ2n) is 5.31. The summed E-state index contributed by atoms with van der Waals surface area (Å²) in [4.78, 5) is 11.3. The number of ether oxygens (including phenoxy) is 1. The third-order valence-corrected chi connectivity index (χ3v) is 2.24.